The van der Waals surface area contributed by atoms with Gasteiger partial charge in [-0.2, -0.15) is 0 Å². The van der Waals surface area contributed by atoms with Crippen LogP contribution in [0.15, 0.2) is 30.3 Å². The van der Waals surface area contributed by atoms with Crippen LogP contribution in [0.2, 0.25) is 0 Å². The largest absolute Gasteiger partial charge is 0.396 e. The van der Waals surface area contributed by atoms with Crippen molar-refractivity contribution in [1.29, 1.82) is 0 Å². The first-order valence-corrected chi connectivity index (χ1v) is 13.6. The first-order chi connectivity index (χ1) is 18.4. The molecule has 0 radical (unpaired) electrons. The van der Waals surface area contributed by atoms with Crippen molar-refractivity contribution < 1.29 is 34.2 Å². The Bertz CT molecular complexity index is 1090. The van der Waals surface area contributed by atoms with Crippen LogP contribution in [0.3, 0.4) is 0 Å². The first-order valence-electron chi connectivity index (χ1n) is 13.6. The number of aliphatic hydroxyl groups excluding tert-OH is 2. The second kappa shape index (κ2) is 14.8. The van der Waals surface area contributed by atoms with Crippen LogP contribution in [0.5, 0.6) is 0 Å². The summed E-state index contributed by atoms with van der Waals surface area (Å²) in [6, 6.07) is 6.09. The van der Waals surface area contributed by atoms with Gasteiger partial charge < -0.3 is 25.6 Å². The molecular formula is C30H42N2O7. The summed E-state index contributed by atoms with van der Waals surface area (Å²) in [5.41, 5.74) is 3.17. The summed E-state index contributed by atoms with van der Waals surface area (Å²) in [5, 5.41) is 25.3. The minimum Gasteiger partial charge on any atom is -0.396 e. The SMILES string of the molecule is CCC(=O)[C@H](CC1=CCc2ccccc21)NC(=O)[C@@H](CC(=O)[C@@H](NC(=O)[C@H](CO)CC(C)=O)C(C)C)[C@@H](C)O. The predicted octanol–water partition coefficient (Wildman–Crippen LogP) is 2.16. The van der Waals surface area contributed by atoms with Crippen molar-refractivity contribution in [2.75, 3.05) is 6.61 Å². The highest BCUT2D eigenvalue weighted by Gasteiger charge is 2.35. The van der Waals surface area contributed by atoms with E-state index in [4.69, 9.17) is 0 Å². The lowest BCUT2D eigenvalue weighted by Crippen LogP contribution is -2.50. The Kier molecular flexibility index (Phi) is 12.2. The molecule has 9 heteroatoms. The smallest absolute Gasteiger partial charge is 0.226 e. The van der Waals surface area contributed by atoms with E-state index in [9.17, 15) is 34.2 Å². The van der Waals surface area contributed by atoms with Gasteiger partial charge >= 0.3 is 0 Å². The lowest BCUT2D eigenvalue weighted by molar-refractivity contribution is -0.137. The van der Waals surface area contributed by atoms with Gasteiger partial charge in [-0.3, -0.25) is 19.2 Å². The van der Waals surface area contributed by atoms with Crippen molar-refractivity contribution in [3.63, 3.8) is 0 Å². The molecule has 4 N–H and O–H groups in total. The average molecular weight is 543 g/mol. The normalized spacial score (nSPS) is 16.4. The Labute approximate surface area is 230 Å². The van der Waals surface area contributed by atoms with Crippen molar-refractivity contribution in [1.82, 2.24) is 10.6 Å². The van der Waals surface area contributed by atoms with Crippen LogP contribution in [0.4, 0.5) is 0 Å². The van der Waals surface area contributed by atoms with Crippen LogP contribution in [0.25, 0.3) is 5.57 Å². The van der Waals surface area contributed by atoms with Crippen molar-refractivity contribution >= 4 is 34.7 Å². The lowest BCUT2D eigenvalue weighted by atomic mass is 9.88. The van der Waals surface area contributed by atoms with Crippen LogP contribution in [0.1, 0.15) is 71.4 Å². The minimum absolute atomic E-state index is 0.155. The van der Waals surface area contributed by atoms with Crippen LogP contribution in [-0.2, 0) is 30.4 Å². The zero-order valence-corrected chi connectivity index (χ0v) is 23.5. The molecule has 9 nitrogen and oxygen atoms in total. The number of fused-ring (bicyclic) bond motifs is 1. The molecule has 0 fully saturated rings. The van der Waals surface area contributed by atoms with Gasteiger partial charge in [-0.1, -0.05) is 51.1 Å². The monoisotopic (exact) mass is 542 g/mol. The molecule has 0 heterocycles. The number of benzene rings is 1. The predicted molar refractivity (Wildman–Crippen MR) is 147 cm³/mol. The number of hydrogen-bond acceptors (Lipinski definition) is 7. The Hall–Kier alpha value is -3.17. The molecule has 1 aromatic rings. The van der Waals surface area contributed by atoms with E-state index in [0.29, 0.717) is 6.42 Å². The standard InChI is InChI=1S/C30H42N2O7/c1-6-26(36)25(14-21-12-11-20-9-7-8-10-23(20)21)31-30(39)24(19(5)35)15-27(37)28(17(2)3)32-29(38)22(16-33)13-18(4)34/h7-10,12,17,19,22,24-25,28,33,35H,6,11,13-16H2,1-5H3,(H,31,39)(H,32,38)/t19-,22+,24+,25+,28+/m1/s1. The van der Waals surface area contributed by atoms with E-state index < -0.39 is 54.2 Å². The molecule has 1 aliphatic rings. The van der Waals surface area contributed by atoms with Gasteiger partial charge in [0.2, 0.25) is 11.8 Å². The molecule has 2 rings (SSSR count). The Morgan fingerprint density at radius 2 is 1.62 bits per heavy atom. The zero-order valence-electron chi connectivity index (χ0n) is 23.5. The van der Waals surface area contributed by atoms with Gasteiger partial charge in [0.25, 0.3) is 0 Å². The summed E-state index contributed by atoms with van der Waals surface area (Å²) in [7, 11) is 0. The van der Waals surface area contributed by atoms with E-state index in [1.54, 1.807) is 20.8 Å². The van der Waals surface area contributed by atoms with Crippen molar-refractivity contribution in [2.24, 2.45) is 17.8 Å². The quantitative estimate of drug-likeness (QED) is 0.250. The number of aliphatic hydroxyl groups is 2. The lowest BCUT2D eigenvalue weighted by Gasteiger charge is -2.27. The van der Waals surface area contributed by atoms with E-state index in [1.165, 1.54) is 13.8 Å². The molecule has 0 saturated heterocycles. The summed E-state index contributed by atoms with van der Waals surface area (Å²) < 4.78 is 0. The van der Waals surface area contributed by atoms with Gasteiger partial charge in [-0.05, 0) is 42.9 Å². The van der Waals surface area contributed by atoms with Gasteiger partial charge in [0.1, 0.15) is 5.78 Å². The molecule has 0 aromatic heterocycles. The third-order valence-corrected chi connectivity index (χ3v) is 7.19. The summed E-state index contributed by atoms with van der Waals surface area (Å²) in [6.07, 6.45) is 1.61. The number of nitrogens with one attached hydrogen (secondary N) is 2. The van der Waals surface area contributed by atoms with Crippen molar-refractivity contribution in [2.45, 2.75) is 84.9 Å². The number of ketones is 3. The summed E-state index contributed by atoms with van der Waals surface area (Å²) in [4.78, 5) is 63.4. The maximum absolute atomic E-state index is 13.3. The van der Waals surface area contributed by atoms with E-state index in [1.807, 2.05) is 30.3 Å². The molecule has 2 amide bonds. The molecule has 1 aliphatic carbocycles. The Balaban J connectivity index is 2.15. The van der Waals surface area contributed by atoms with E-state index >= 15 is 0 Å². The molecule has 0 saturated carbocycles. The number of rotatable bonds is 16. The highest BCUT2D eigenvalue weighted by molar-refractivity contribution is 5.96. The molecular weight excluding hydrogens is 500 g/mol. The highest BCUT2D eigenvalue weighted by Crippen LogP contribution is 2.31. The van der Waals surface area contributed by atoms with Crippen LogP contribution in [0, 0.1) is 17.8 Å². The Morgan fingerprint density at radius 1 is 0.949 bits per heavy atom. The molecule has 1 aromatic carbocycles. The summed E-state index contributed by atoms with van der Waals surface area (Å²) in [5.74, 6) is -4.61. The average Bonchev–Trinajstić information content (AvgIpc) is 3.29. The number of allylic oxidation sites excluding steroid dienone is 1. The van der Waals surface area contributed by atoms with Gasteiger partial charge in [0, 0.05) is 25.7 Å². The van der Waals surface area contributed by atoms with Crippen LogP contribution >= 0.6 is 0 Å². The highest BCUT2D eigenvalue weighted by atomic mass is 16.3. The Morgan fingerprint density at radius 3 is 2.18 bits per heavy atom. The third-order valence-electron chi connectivity index (χ3n) is 7.19. The molecule has 0 bridgehead atoms. The fourth-order valence-corrected chi connectivity index (χ4v) is 4.84. The molecule has 214 valence electrons. The molecule has 0 unspecified atom stereocenters. The number of hydrogen-bond donors (Lipinski definition) is 4. The molecule has 39 heavy (non-hydrogen) atoms. The molecule has 5 atom stereocenters. The number of carbonyl (C=O) groups excluding carboxylic acids is 5. The van der Waals surface area contributed by atoms with E-state index in [0.717, 1.165) is 23.1 Å². The fraction of sp³-hybridized carbons (Fsp3) is 0.567. The zero-order chi connectivity index (χ0) is 29.3. The summed E-state index contributed by atoms with van der Waals surface area (Å²) in [6.45, 7) is 7.34. The second-order valence-electron chi connectivity index (χ2n) is 10.7. The molecule has 0 spiro atoms. The van der Waals surface area contributed by atoms with Gasteiger partial charge in [0.15, 0.2) is 11.6 Å². The second-order valence-corrected chi connectivity index (χ2v) is 10.7. The van der Waals surface area contributed by atoms with Gasteiger partial charge in [-0.25, -0.2) is 0 Å². The third kappa shape index (κ3) is 8.93. The number of Topliss-reactive ketones (excluding diaryl/α,β-unsaturated/α-hetero) is 3. The van der Waals surface area contributed by atoms with Crippen LogP contribution < -0.4 is 10.6 Å². The number of amides is 2. The van der Waals surface area contributed by atoms with E-state index in [-0.39, 0.29) is 36.7 Å². The molecule has 0 aliphatic heterocycles. The number of carbonyl (C=O) groups is 5. The van der Waals surface area contributed by atoms with Gasteiger partial charge in [-0.15, -0.1) is 0 Å². The van der Waals surface area contributed by atoms with Crippen molar-refractivity contribution in [3.8, 4) is 0 Å². The van der Waals surface area contributed by atoms with E-state index in [2.05, 4.69) is 10.6 Å². The van der Waals surface area contributed by atoms with Crippen LogP contribution in [-0.4, -0.2) is 64.2 Å². The fourth-order valence-electron chi connectivity index (χ4n) is 4.84. The maximum Gasteiger partial charge on any atom is 0.226 e. The van der Waals surface area contributed by atoms with Crippen molar-refractivity contribution in [3.05, 3.63) is 41.5 Å². The topological polar surface area (TPSA) is 150 Å². The maximum atomic E-state index is 13.3. The van der Waals surface area contributed by atoms with Gasteiger partial charge in [0.05, 0.1) is 36.6 Å². The minimum atomic E-state index is -1.19. The first kappa shape index (κ1) is 32.0. The summed E-state index contributed by atoms with van der Waals surface area (Å²) >= 11 is 0.